The molecule has 14 heteroatoms. The predicted molar refractivity (Wildman–Crippen MR) is 126 cm³/mol. The summed E-state index contributed by atoms with van der Waals surface area (Å²) in [6.45, 7) is 3.19. The van der Waals surface area contributed by atoms with E-state index in [1.165, 1.54) is 20.8 Å². The van der Waals surface area contributed by atoms with Gasteiger partial charge in [-0.05, 0) is 86.5 Å². The molecule has 40 heavy (non-hydrogen) atoms. The van der Waals surface area contributed by atoms with E-state index in [1.807, 2.05) is 0 Å². The van der Waals surface area contributed by atoms with Crippen LogP contribution in [0.15, 0.2) is 54.6 Å². The van der Waals surface area contributed by atoms with Gasteiger partial charge in [-0.25, -0.2) is 4.52 Å². The second kappa shape index (κ2) is 10.6. The minimum absolute atomic E-state index is 0.0966. The first-order valence-corrected chi connectivity index (χ1v) is 13.0. The molecule has 3 aromatic rings. The van der Waals surface area contributed by atoms with Crippen LogP contribution in [-0.4, -0.2) is 6.61 Å². The Morgan fingerprint density at radius 1 is 0.475 bits per heavy atom. The van der Waals surface area contributed by atoms with Crippen LogP contribution in [0.3, 0.4) is 0 Å². The van der Waals surface area contributed by atoms with Crippen molar-refractivity contribution in [2.24, 2.45) is 0 Å². The van der Waals surface area contributed by atoms with Crippen LogP contribution < -0.4 is 15.9 Å². The van der Waals surface area contributed by atoms with Gasteiger partial charge in [0.2, 0.25) is 7.49 Å². The van der Waals surface area contributed by atoms with Crippen LogP contribution in [0.1, 0.15) is 40.3 Å². The molecule has 0 spiro atoms. The first-order chi connectivity index (χ1) is 18.1. The summed E-state index contributed by atoms with van der Waals surface area (Å²) in [6.07, 6.45) is -20.7. The zero-order chi connectivity index (χ0) is 30.5. The lowest BCUT2D eigenvalue weighted by atomic mass is 10.1. The zero-order valence-electron chi connectivity index (χ0n) is 20.8. The van der Waals surface area contributed by atoms with Gasteiger partial charge in [0.25, 0.3) is 0 Å². The molecule has 0 saturated heterocycles. The Bertz CT molecular complexity index is 1290. The maximum atomic E-state index is 13.8. The molecular formula is C26H20F12OP+. The van der Waals surface area contributed by atoms with Crippen LogP contribution in [0.25, 0.3) is 0 Å². The fourth-order valence-corrected chi connectivity index (χ4v) is 7.98. The highest BCUT2D eigenvalue weighted by Crippen LogP contribution is 2.58. The van der Waals surface area contributed by atoms with E-state index in [9.17, 15) is 52.7 Å². The summed E-state index contributed by atoms with van der Waals surface area (Å²) in [6, 6.07) is 4.85. The van der Waals surface area contributed by atoms with E-state index >= 15 is 0 Å². The topological polar surface area (TPSA) is 9.23 Å². The Hall–Kier alpha value is -2.79. The largest absolute Gasteiger partial charge is 0.416 e. The van der Waals surface area contributed by atoms with Crippen LogP contribution in [0, 0.1) is 13.8 Å². The van der Waals surface area contributed by atoms with Crippen molar-refractivity contribution in [3.8, 4) is 0 Å². The molecule has 0 aromatic heterocycles. The monoisotopic (exact) mass is 607 g/mol. The van der Waals surface area contributed by atoms with Gasteiger partial charge in [-0.2, -0.15) is 52.7 Å². The summed E-state index contributed by atoms with van der Waals surface area (Å²) in [5.41, 5.74) is -6.40. The van der Waals surface area contributed by atoms with Crippen LogP contribution in [0.4, 0.5) is 52.7 Å². The molecule has 3 rings (SSSR count). The van der Waals surface area contributed by atoms with Gasteiger partial charge in [0.05, 0.1) is 28.9 Å². The Balaban J connectivity index is 2.63. The van der Waals surface area contributed by atoms with Crippen LogP contribution in [-0.2, 0) is 29.2 Å². The van der Waals surface area contributed by atoms with Crippen molar-refractivity contribution >= 4 is 23.4 Å². The van der Waals surface area contributed by atoms with Crippen LogP contribution >= 0.6 is 7.49 Å². The summed E-state index contributed by atoms with van der Waals surface area (Å²) in [5.74, 6) is 0. The third-order valence-electron chi connectivity index (χ3n) is 5.76. The van der Waals surface area contributed by atoms with Crippen molar-refractivity contribution in [3.05, 3.63) is 88.0 Å². The van der Waals surface area contributed by atoms with Crippen LogP contribution in [0.5, 0.6) is 0 Å². The Morgan fingerprint density at radius 2 is 0.750 bits per heavy atom. The van der Waals surface area contributed by atoms with E-state index in [0.29, 0.717) is 24.3 Å². The molecule has 0 fully saturated rings. The second-order valence-corrected chi connectivity index (χ2v) is 11.9. The van der Waals surface area contributed by atoms with Crippen LogP contribution in [0.2, 0.25) is 0 Å². The predicted octanol–water partition coefficient (Wildman–Crippen LogP) is 8.62. The van der Waals surface area contributed by atoms with Crippen molar-refractivity contribution in [2.75, 3.05) is 6.61 Å². The molecular weight excluding hydrogens is 587 g/mol. The second-order valence-electron chi connectivity index (χ2n) is 8.90. The fourth-order valence-electron chi connectivity index (χ4n) is 4.20. The number of rotatable bonds is 5. The van der Waals surface area contributed by atoms with E-state index in [4.69, 9.17) is 4.52 Å². The highest BCUT2D eigenvalue weighted by Gasteiger charge is 2.52. The number of halogens is 12. The van der Waals surface area contributed by atoms with Gasteiger partial charge >= 0.3 is 24.7 Å². The highest BCUT2D eigenvalue weighted by atomic mass is 31.2. The van der Waals surface area contributed by atoms with Crippen molar-refractivity contribution in [1.29, 1.82) is 0 Å². The fraction of sp³-hybridized carbons (Fsp3) is 0.308. The van der Waals surface area contributed by atoms with E-state index in [1.54, 1.807) is 0 Å². The SMILES string of the molecule is CCO[P+](c1cc(C)cc(C(F)(F)F)c1)(c1cc(C)cc(C(F)(F)F)c1)c1cc(C(F)(F)F)cc(C(F)(F)F)c1. The molecule has 3 aromatic carbocycles. The third-order valence-corrected chi connectivity index (χ3v) is 9.37. The summed E-state index contributed by atoms with van der Waals surface area (Å²) in [5, 5.41) is -1.87. The van der Waals surface area contributed by atoms with E-state index in [2.05, 4.69) is 0 Å². The van der Waals surface area contributed by atoms with Gasteiger partial charge in [-0.3, -0.25) is 0 Å². The van der Waals surface area contributed by atoms with E-state index in [-0.39, 0.29) is 29.3 Å². The first-order valence-electron chi connectivity index (χ1n) is 11.3. The van der Waals surface area contributed by atoms with Crippen molar-refractivity contribution in [3.63, 3.8) is 0 Å². The Labute approximate surface area is 221 Å². The maximum absolute atomic E-state index is 13.8. The van der Waals surface area contributed by atoms with Gasteiger partial charge < -0.3 is 0 Å². The lowest BCUT2D eigenvalue weighted by Crippen LogP contribution is -2.36. The average Bonchev–Trinajstić information content (AvgIpc) is 2.79. The zero-order valence-corrected chi connectivity index (χ0v) is 21.7. The van der Waals surface area contributed by atoms with Gasteiger partial charge in [-0.1, -0.05) is 0 Å². The van der Waals surface area contributed by atoms with Gasteiger partial charge in [0.1, 0.15) is 15.9 Å². The number of benzene rings is 3. The molecule has 0 amide bonds. The molecule has 0 aliphatic carbocycles. The summed E-state index contributed by atoms with van der Waals surface area (Å²) >= 11 is 0. The van der Waals surface area contributed by atoms with E-state index in [0.717, 1.165) is 12.1 Å². The molecule has 0 heterocycles. The smallest absolute Gasteiger partial charge is 0.222 e. The lowest BCUT2D eigenvalue weighted by Gasteiger charge is -2.28. The molecule has 0 atom stereocenters. The minimum Gasteiger partial charge on any atom is -0.222 e. The molecule has 0 bridgehead atoms. The molecule has 0 unspecified atom stereocenters. The standard InChI is InChI=1S/C26H20F12OP/c1-4-39-40(20-7-14(2)5-16(10-20)23(27,28)29,21-8-15(3)6-17(11-21)24(30,31)32)22-12-18(25(33,34)35)9-19(13-22)26(36,37)38/h5-13H,4H2,1-3H3/q+1. The van der Waals surface area contributed by atoms with Crippen molar-refractivity contribution < 1.29 is 57.2 Å². The number of hydrogen-bond acceptors (Lipinski definition) is 1. The summed E-state index contributed by atoms with van der Waals surface area (Å²) in [7, 11) is -4.49. The number of hydrogen-bond donors (Lipinski definition) is 0. The molecule has 0 aliphatic heterocycles. The quantitative estimate of drug-likeness (QED) is 0.209. The molecule has 0 saturated carbocycles. The van der Waals surface area contributed by atoms with Gasteiger partial charge in [0, 0.05) is 0 Å². The Morgan fingerprint density at radius 3 is 1.02 bits per heavy atom. The summed E-state index contributed by atoms with van der Waals surface area (Å²) < 4.78 is 171. The Kier molecular flexibility index (Phi) is 8.38. The lowest BCUT2D eigenvalue weighted by molar-refractivity contribution is -0.143. The molecule has 0 aliphatic rings. The number of alkyl halides is 12. The van der Waals surface area contributed by atoms with Gasteiger partial charge in [0.15, 0.2) is 0 Å². The third kappa shape index (κ3) is 6.57. The highest BCUT2D eigenvalue weighted by molar-refractivity contribution is 7.91. The normalized spacial score (nSPS) is 13.6. The van der Waals surface area contributed by atoms with E-state index < -0.39 is 77.0 Å². The molecule has 0 N–H and O–H groups in total. The molecule has 1 nitrogen and oxygen atoms in total. The minimum atomic E-state index is -5.34. The van der Waals surface area contributed by atoms with Crippen molar-refractivity contribution in [1.82, 2.24) is 0 Å². The first kappa shape index (κ1) is 31.7. The molecule has 0 radical (unpaired) electrons. The maximum Gasteiger partial charge on any atom is 0.416 e. The van der Waals surface area contributed by atoms with Gasteiger partial charge in [-0.15, -0.1) is 0 Å². The molecule has 218 valence electrons. The summed E-state index contributed by atoms with van der Waals surface area (Å²) in [4.78, 5) is 0. The average molecular weight is 607 g/mol. The van der Waals surface area contributed by atoms with Crippen molar-refractivity contribution in [2.45, 2.75) is 45.5 Å². The number of aryl methyl sites for hydroxylation is 2.